The number of aromatic amines is 1. The number of hydrogen-bond acceptors (Lipinski definition) is 6. The van der Waals surface area contributed by atoms with Crippen LogP contribution in [0.25, 0.3) is 22.5 Å². The first kappa shape index (κ1) is 21.6. The van der Waals surface area contributed by atoms with Gasteiger partial charge in [0.1, 0.15) is 6.04 Å². The van der Waals surface area contributed by atoms with Crippen LogP contribution in [0.3, 0.4) is 0 Å². The molecule has 7 nitrogen and oxygen atoms in total. The highest BCUT2D eigenvalue weighted by Gasteiger charge is 2.21. The van der Waals surface area contributed by atoms with Crippen molar-refractivity contribution in [3.8, 4) is 22.5 Å². The molecule has 0 radical (unpaired) electrons. The van der Waals surface area contributed by atoms with Crippen LogP contribution in [-0.2, 0) is 16.1 Å². The molecule has 0 bridgehead atoms. The number of ether oxygens (including phenoxy) is 1. The first-order chi connectivity index (χ1) is 14.6. The average Bonchev–Trinajstić information content (AvgIpc) is 3.33. The molecule has 3 rings (SSSR count). The molecular weight excluding hydrogens is 378 g/mol. The molecule has 0 unspecified atom stereocenters. The Morgan fingerprint density at radius 1 is 1.10 bits per heavy atom. The van der Waals surface area contributed by atoms with Crippen LogP contribution < -0.4 is 0 Å². The van der Waals surface area contributed by atoms with Crippen LogP contribution in [0.5, 0.6) is 0 Å². The maximum atomic E-state index is 12.1. The number of benzene rings is 2. The molecule has 0 fully saturated rings. The van der Waals surface area contributed by atoms with E-state index in [1.807, 2.05) is 25.1 Å². The molecule has 1 aromatic heterocycles. The summed E-state index contributed by atoms with van der Waals surface area (Å²) in [7, 11) is 1.44. The number of rotatable bonds is 10. The van der Waals surface area contributed by atoms with Gasteiger partial charge in [-0.05, 0) is 41.8 Å². The lowest BCUT2D eigenvalue weighted by Gasteiger charge is -2.27. The van der Waals surface area contributed by atoms with Crippen LogP contribution in [0.15, 0.2) is 48.5 Å². The highest BCUT2D eigenvalue weighted by atomic mass is 16.5. The van der Waals surface area contributed by atoms with Gasteiger partial charge in [-0.1, -0.05) is 68.3 Å². The Bertz CT molecular complexity index is 925. The number of unbranched alkanes of at least 4 members (excludes halogenated alkanes) is 2. The van der Waals surface area contributed by atoms with Crippen LogP contribution in [0.1, 0.15) is 38.7 Å². The number of esters is 1. The van der Waals surface area contributed by atoms with E-state index in [0.717, 1.165) is 48.1 Å². The smallest absolute Gasteiger partial charge is 0.322 e. The maximum Gasteiger partial charge on any atom is 0.322 e. The predicted octanol–water partition coefficient (Wildman–Crippen LogP) is 4.09. The van der Waals surface area contributed by atoms with Crippen LogP contribution in [-0.4, -0.2) is 51.2 Å². The zero-order valence-corrected chi connectivity index (χ0v) is 17.8. The van der Waals surface area contributed by atoms with E-state index >= 15 is 0 Å². The highest BCUT2D eigenvalue weighted by Crippen LogP contribution is 2.30. The number of hydrogen-bond donors (Lipinski definition) is 1. The molecule has 7 heteroatoms. The average molecular weight is 408 g/mol. The van der Waals surface area contributed by atoms with Gasteiger partial charge in [0.05, 0.1) is 7.11 Å². The summed E-state index contributed by atoms with van der Waals surface area (Å²) in [6.07, 6.45) is 3.36. The molecule has 0 amide bonds. The summed E-state index contributed by atoms with van der Waals surface area (Å²) in [5.74, 6) is 0.376. The van der Waals surface area contributed by atoms with Crippen LogP contribution in [0.4, 0.5) is 0 Å². The summed E-state index contributed by atoms with van der Waals surface area (Å²) >= 11 is 0. The van der Waals surface area contributed by atoms with Gasteiger partial charge in [0.15, 0.2) is 0 Å². The number of H-pyrrole nitrogens is 1. The summed E-state index contributed by atoms with van der Waals surface area (Å²) in [5, 5.41) is 14.4. The second kappa shape index (κ2) is 10.6. The molecule has 0 spiro atoms. The van der Waals surface area contributed by atoms with E-state index in [4.69, 9.17) is 4.74 Å². The number of nitrogens with zero attached hydrogens (tertiary/aromatic N) is 4. The molecular formula is C23H29N5O2. The Morgan fingerprint density at radius 3 is 2.47 bits per heavy atom. The largest absolute Gasteiger partial charge is 0.468 e. The first-order valence-electron chi connectivity index (χ1n) is 10.4. The summed E-state index contributed by atoms with van der Waals surface area (Å²) < 4.78 is 4.96. The Balaban J connectivity index is 1.78. The monoisotopic (exact) mass is 407 g/mol. The molecule has 1 atom stereocenters. The van der Waals surface area contributed by atoms with Gasteiger partial charge < -0.3 is 4.74 Å². The predicted molar refractivity (Wildman–Crippen MR) is 116 cm³/mol. The van der Waals surface area contributed by atoms with Crippen LogP contribution >= 0.6 is 0 Å². The van der Waals surface area contributed by atoms with Crippen molar-refractivity contribution in [3.63, 3.8) is 0 Å². The van der Waals surface area contributed by atoms with E-state index in [1.165, 1.54) is 7.11 Å². The van der Waals surface area contributed by atoms with E-state index < -0.39 is 0 Å². The van der Waals surface area contributed by atoms with Gasteiger partial charge in [-0.15, -0.1) is 10.2 Å². The number of aromatic nitrogens is 4. The lowest BCUT2D eigenvalue weighted by molar-refractivity contribution is -0.146. The van der Waals surface area contributed by atoms with E-state index in [0.29, 0.717) is 12.4 Å². The summed E-state index contributed by atoms with van der Waals surface area (Å²) in [6, 6.07) is 16.1. The minimum atomic E-state index is -0.273. The van der Waals surface area contributed by atoms with Gasteiger partial charge >= 0.3 is 5.97 Å². The quantitative estimate of drug-likeness (QED) is 0.403. The van der Waals surface area contributed by atoms with Gasteiger partial charge in [0.25, 0.3) is 0 Å². The first-order valence-corrected chi connectivity index (χ1v) is 10.4. The minimum Gasteiger partial charge on any atom is -0.468 e. The summed E-state index contributed by atoms with van der Waals surface area (Å²) in [6.45, 7) is 5.66. The van der Waals surface area contributed by atoms with E-state index in [-0.39, 0.29) is 12.0 Å². The fourth-order valence-electron chi connectivity index (χ4n) is 3.52. The molecule has 158 valence electrons. The Morgan fingerprint density at radius 2 is 1.83 bits per heavy atom. The number of nitrogens with one attached hydrogen (secondary N) is 1. The molecule has 0 aliphatic carbocycles. The van der Waals surface area contributed by atoms with E-state index in [9.17, 15) is 4.79 Å². The summed E-state index contributed by atoms with van der Waals surface area (Å²) in [4.78, 5) is 14.3. The van der Waals surface area contributed by atoms with Crippen molar-refractivity contribution in [3.05, 3.63) is 54.1 Å². The van der Waals surface area contributed by atoms with Crippen LogP contribution in [0, 0.1) is 0 Å². The Labute approximate surface area is 177 Å². The maximum absolute atomic E-state index is 12.1. The van der Waals surface area contributed by atoms with Crippen LogP contribution in [0.2, 0.25) is 0 Å². The molecule has 0 aliphatic heterocycles. The van der Waals surface area contributed by atoms with Gasteiger partial charge in [0.2, 0.25) is 5.82 Å². The van der Waals surface area contributed by atoms with Gasteiger partial charge in [-0.2, -0.15) is 5.21 Å². The lowest BCUT2D eigenvalue weighted by atomic mass is 9.98. The van der Waals surface area contributed by atoms with Crippen molar-refractivity contribution >= 4 is 5.97 Å². The van der Waals surface area contributed by atoms with Crippen molar-refractivity contribution in [2.75, 3.05) is 13.7 Å². The molecule has 30 heavy (non-hydrogen) atoms. The number of tetrazole rings is 1. The number of methoxy groups -OCH3 is 1. The van der Waals surface area contributed by atoms with E-state index in [1.54, 1.807) is 0 Å². The third-order valence-electron chi connectivity index (χ3n) is 5.30. The number of carbonyl (C=O) groups excluding carboxylic acids is 1. The van der Waals surface area contributed by atoms with Crippen molar-refractivity contribution in [1.82, 2.24) is 25.5 Å². The zero-order valence-electron chi connectivity index (χ0n) is 17.8. The zero-order chi connectivity index (χ0) is 21.3. The fraction of sp³-hybridized carbons (Fsp3) is 0.391. The lowest BCUT2D eigenvalue weighted by Crippen LogP contribution is -2.39. The number of carbonyl (C=O) groups is 1. The second-order valence-corrected chi connectivity index (χ2v) is 7.35. The van der Waals surface area contributed by atoms with Crippen molar-refractivity contribution in [2.45, 2.75) is 45.7 Å². The molecule has 0 aliphatic rings. The van der Waals surface area contributed by atoms with Gasteiger partial charge in [-0.25, -0.2) is 0 Å². The molecule has 3 aromatic rings. The van der Waals surface area contributed by atoms with Gasteiger partial charge in [0, 0.05) is 12.1 Å². The molecule has 1 heterocycles. The molecule has 0 saturated carbocycles. The standard InChI is InChI=1S/C23H29N5O2/c1-4-5-8-15-28(17(2)23(29)30-3)16-18-11-13-19(14-12-18)20-9-6-7-10-21(20)22-24-26-27-25-22/h6-7,9-14,17H,4-5,8,15-16H2,1-3H3,(H,24,25,26,27)/t17-/m0/s1. The minimum absolute atomic E-state index is 0.197. The van der Waals surface area contributed by atoms with Crippen molar-refractivity contribution in [2.24, 2.45) is 0 Å². The molecule has 2 aromatic carbocycles. The SMILES string of the molecule is CCCCCN(Cc1ccc(-c2ccccc2-c2nn[nH]n2)cc1)[C@@H](C)C(=O)OC. The third kappa shape index (κ3) is 5.30. The highest BCUT2D eigenvalue weighted by molar-refractivity contribution is 5.80. The van der Waals surface area contributed by atoms with E-state index in [2.05, 4.69) is 62.8 Å². The Kier molecular flexibility index (Phi) is 7.68. The van der Waals surface area contributed by atoms with Gasteiger partial charge in [-0.3, -0.25) is 9.69 Å². The normalized spacial score (nSPS) is 12.1. The second-order valence-electron chi connectivity index (χ2n) is 7.35. The summed E-state index contributed by atoms with van der Waals surface area (Å²) in [5.41, 5.74) is 4.22. The molecule has 1 N–H and O–H groups in total. The topological polar surface area (TPSA) is 84.0 Å². The molecule has 0 saturated heterocycles. The third-order valence-corrected chi connectivity index (χ3v) is 5.30. The fourth-order valence-corrected chi connectivity index (χ4v) is 3.52. The Hall–Kier alpha value is -3.06. The van der Waals surface area contributed by atoms with Crippen molar-refractivity contribution in [1.29, 1.82) is 0 Å². The van der Waals surface area contributed by atoms with Crippen molar-refractivity contribution < 1.29 is 9.53 Å².